The van der Waals surface area contributed by atoms with Gasteiger partial charge in [-0.15, -0.1) is 15.3 Å². The Hall–Kier alpha value is -2.51. The molecule has 0 saturated carbocycles. The highest BCUT2D eigenvalue weighted by Gasteiger charge is 2.19. The van der Waals surface area contributed by atoms with Crippen LogP contribution in [0.5, 0.6) is 0 Å². The summed E-state index contributed by atoms with van der Waals surface area (Å²) in [6, 6.07) is 18.9. The molecule has 0 N–H and O–H groups in total. The van der Waals surface area contributed by atoms with Crippen LogP contribution < -0.4 is 0 Å². The number of benzene rings is 2. The van der Waals surface area contributed by atoms with E-state index in [9.17, 15) is 0 Å². The molecule has 4 rings (SSSR count). The van der Waals surface area contributed by atoms with Crippen LogP contribution in [0.15, 0.2) is 59.8 Å². The zero-order valence-corrected chi connectivity index (χ0v) is 16.8. The van der Waals surface area contributed by atoms with E-state index in [1.807, 2.05) is 25.1 Å². The zero-order valence-electron chi connectivity index (χ0n) is 15.2. The summed E-state index contributed by atoms with van der Waals surface area (Å²) in [5.41, 5.74) is 4.54. The van der Waals surface area contributed by atoms with Crippen molar-refractivity contribution in [2.45, 2.75) is 31.2 Å². The van der Waals surface area contributed by atoms with E-state index in [0.717, 1.165) is 39.4 Å². The third kappa shape index (κ3) is 3.79. The second-order valence-corrected chi connectivity index (χ2v) is 7.82. The largest absolute Gasteiger partial charge is 0.269 e. The van der Waals surface area contributed by atoms with Gasteiger partial charge < -0.3 is 0 Å². The van der Waals surface area contributed by atoms with Crippen LogP contribution >= 0.6 is 23.3 Å². The van der Waals surface area contributed by atoms with Gasteiger partial charge in [-0.1, -0.05) is 65.6 Å². The molecule has 0 aliphatic heterocycles. The molecule has 0 aliphatic carbocycles. The maximum Gasteiger partial charge on any atom is 0.196 e. The van der Waals surface area contributed by atoms with Gasteiger partial charge >= 0.3 is 0 Å². The fourth-order valence-electron chi connectivity index (χ4n) is 2.78. The highest BCUT2D eigenvalue weighted by molar-refractivity contribution is 7.98. The highest BCUT2D eigenvalue weighted by atomic mass is 32.2. The second-order valence-electron chi connectivity index (χ2n) is 6.12. The van der Waals surface area contributed by atoms with Crippen molar-refractivity contribution in [2.75, 3.05) is 0 Å². The van der Waals surface area contributed by atoms with Crippen LogP contribution in [-0.2, 0) is 12.2 Å². The van der Waals surface area contributed by atoms with Crippen molar-refractivity contribution in [3.05, 3.63) is 71.4 Å². The number of rotatable bonds is 6. The number of nitrogens with zero attached hydrogens (tertiary/aromatic N) is 5. The lowest BCUT2D eigenvalue weighted by Gasteiger charge is -2.09. The first-order valence-corrected chi connectivity index (χ1v) is 10.5. The molecule has 0 unspecified atom stereocenters. The first-order valence-electron chi connectivity index (χ1n) is 8.77. The number of hydrogen-bond acceptors (Lipinski definition) is 6. The molecule has 0 spiro atoms. The van der Waals surface area contributed by atoms with Crippen molar-refractivity contribution < 1.29 is 0 Å². The lowest BCUT2D eigenvalue weighted by Crippen LogP contribution is -1.99. The van der Waals surface area contributed by atoms with E-state index in [4.69, 9.17) is 0 Å². The van der Waals surface area contributed by atoms with Crippen LogP contribution in [0.1, 0.15) is 23.7 Å². The Labute approximate surface area is 166 Å². The molecule has 0 amide bonds. The molecule has 0 bridgehead atoms. The predicted octanol–water partition coefficient (Wildman–Crippen LogP) is 4.95. The van der Waals surface area contributed by atoms with Crippen molar-refractivity contribution in [3.63, 3.8) is 0 Å². The van der Waals surface area contributed by atoms with Crippen LogP contribution in [0, 0.1) is 6.92 Å². The van der Waals surface area contributed by atoms with Crippen LogP contribution in [0.4, 0.5) is 0 Å². The van der Waals surface area contributed by atoms with Gasteiger partial charge in [-0.25, -0.2) is 0 Å². The lowest BCUT2D eigenvalue weighted by molar-refractivity contribution is 0.886. The number of thioether (sulfide) groups is 1. The molecular weight excluding hydrogens is 374 g/mol. The minimum atomic E-state index is 0.789. The Morgan fingerprint density at radius 3 is 2.33 bits per heavy atom. The first kappa shape index (κ1) is 17.9. The molecule has 27 heavy (non-hydrogen) atoms. The van der Waals surface area contributed by atoms with E-state index < -0.39 is 0 Å². The minimum absolute atomic E-state index is 0.789. The average molecular weight is 394 g/mol. The number of aryl methyl sites for hydroxylation is 2. The monoisotopic (exact) mass is 393 g/mol. The Morgan fingerprint density at radius 1 is 0.926 bits per heavy atom. The van der Waals surface area contributed by atoms with E-state index in [1.54, 1.807) is 11.8 Å². The van der Waals surface area contributed by atoms with Crippen LogP contribution in [-0.4, -0.2) is 24.4 Å². The van der Waals surface area contributed by atoms with Gasteiger partial charge in [0, 0.05) is 11.4 Å². The van der Waals surface area contributed by atoms with E-state index in [2.05, 4.69) is 67.7 Å². The van der Waals surface area contributed by atoms with Gasteiger partial charge in [0.25, 0.3) is 0 Å². The fourth-order valence-corrected chi connectivity index (χ4v) is 4.32. The lowest BCUT2D eigenvalue weighted by atomic mass is 10.1. The summed E-state index contributed by atoms with van der Waals surface area (Å²) in [5.74, 6) is 1.63. The number of aromatic nitrogens is 5. The van der Waals surface area contributed by atoms with Gasteiger partial charge in [0.05, 0.1) is 5.69 Å². The van der Waals surface area contributed by atoms with Gasteiger partial charge in [0.2, 0.25) is 0 Å². The Morgan fingerprint density at radius 2 is 1.67 bits per heavy atom. The third-order valence-electron chi connectivity index (χ3n) is 4.30. The van der Waals surface area contributed by atoms with Gasteiger partial charge in [-0.3, -0.25) is 4.57 Å². The Kier molecular flexibility index (Phi) is 5.31. The van der Waals surface area contributed by atoms with Gasteiger partial charge in [-0.2, -0.15) is 0 Å². The normalized spacial score (nSPS) is 11.0. The van der Waals surface area contributed by atoms with E-state index in [-0.39, 0.29) is 0 Å². The maximum absolute atomic E-state index is 4.47. The summed E-state index contributed by atoms with van der Waals surface area (Å²) in [5, 5.41) is 13.9. The molecule has 0 saturated heterocycles. The van der Waals surface area contributed by atoms with Crippen molar-refractivity contribution in [1.29, 1.82) is 0 Å². The Balaban J connectivity index is 1.68. The predicted molar refractivity (Wildman–Crippen MR) is 110 cm³/mol. The van der Waals surface area contributed by atoms with Crippen molar-refractivity contribution in [3.8, 4) is 16.4 Å². The topological polar surface area (TPSA) is 56.5 Å². The van der Waals surface area contributed by atoms with Crippen LogP contribution in [0.25, 0.3) is 16.4 Å². The molecule has 0 atom stereocenters. The summed E-state index contributed by atoms with van der Waals surface area (Å²) >= 11 is 3.04. The third-order valence-corrected chi connectivity index (χ3v) is 6.13. The maximum atomic E-state index is 4.47. The van der Waals surface area contributed by atoms with E-state index in [0.29, 0.717) is 0 Å². The highest BCUT2D eigenvalue weighted by Crippen LogP contribution is 2.32. The number of para-hydroxylation sites is 1. The molecule has 5 nitrogen and oxygen atoms in total. The fraction of sp³-hybridized carbons (Fsp3) is 0.200. The molecule has 2 heterocycles. The molecule has 4 aromatic rings. The zero-order chi connectivity index (χ0) is 18.6. The van der Waals surface area contributed by atoms with E-state index in [1.165, 1.54) is 22.7 Å². The summed E-state index contributed by atoms with van der Waals surface area (Å²) in [7, 11) is 0. The smallest absolute Gasteiger partial charge is 0.196 e. The molecule has 7 heteroatoms. The molecule has 2 aromatic carbocycles. The second kappa shape index (κ2) is 8.02. The minimum Gasteiger partial charge on any atom is -0.269 e. The van der Waals surface area contributed by atoms with Gasteiger partial charge in [-0.05, 0) is 48.1 Å². The quantitative estimate of drug-likeness (QED) is 0.434. The summed E-state index contributed by atoms with van der Waals surface area (Å²) in [4.78, 5) is 0.950. The average Bonchev–Trinajstić information content (AvgIpc) is 3.33. The SMILES string of the molecule is CCc1ccc(CSc2nnc(-c3snnc3C)n2-c2ccccc2)cc1. The molecule has 0 radical (unpaired) electrons. The van der Waals surface area contributed by atoms with Crippen LogP contribution in [0.2, 0.25) is 0 Å². The van der Waals surface area contributed by atoms with Crippen molar-refractivity contribution >= 4 is 23.3 Å². The summed E-state index contributed by atoms with van der Waals surface area (Å²) in [6.45, 7) is 4.12. The van der Waals surface area contributed by atoms with Gasteiger partial charge in [0.1, 0.15) is 4.88 Å². The summed E-state index contributed by atoms with van der Waals surface area (Å²) in [6.07, 6.45) is 1.06. The van der Waals surface area contributed by atoms with Crippen LogP contribution in [0.3, 0.4) is 0 Å². The van der Waals surface area contributed by atoms with E-state index >= 15 is 0 Å². The molecule has 0 aliphatic rings. The van der Waals surface area contributed by atoms with Crippen molar-refractivity contribution in [1.82, 2.24) is 24.4 Å². The molecular formula is C20H19N5S2. The molecule has 0 fully saturated rings. The molecule has 136 valence electrons. The van der Waals surface area contributed by atoms with Crippen molar-refractivity contribution in [2.24, 2.45) is 0 Å². The summed E-state index contributed by atoms with van der Waals surface area (Å²) < 4.78 is 6.15. The number of hydrogen-bond donors (Lipinski definition) is 0. The Bertz CT molecular complexity index is 1020. The van der Waals surface area contributed by atoms with Gasteiger partial charge in [0.15, 0.2) is 11.0 Å². The first-order chi connectivity index (χ1) is 13.3. The standard InChI is InChI=1S/C20H19N5S2/c1-3-15-9-11-16(12-10-15)13-26-20-23-22-19(18-14(2)21-24-27-18)25(20)17-7-5-4-6-8-17/h4-12H,3,13H2,1-2H3. The molecule has 2 aromatic heterocycles.